The predicted molar refractivity (Wildman–Crippen MR) is 48.4 cm³/mol. The number of nitro groups is 1. The van der Waals surface area contributed by atoms with E-state index in [2.05, 4.69) is 4.98 Å². The van der Waals surface area contributed by atoms with Gasteiger partial charge in [0.25, 0.3) is 0 Å². The van der Waals surface area contributed by atoms with Gasteiger partial charge in [-0.1, -0.05) is 0 Å². The average molecular weight is 202 g/mol. The normalized spacial score (nSPS) is 10.2. The van der Waals surface area contributed by atoms with Gasteiger partial charge in [-0.15, -0.1) is 11.3 Å². The molecule has 1 heterocycles. The van der Waals surface area contributed by atoms with Gasteiger partial charge in [-0.2, -0.15) is 0 Å². The van der Waals surface area contributed by atoms with Crippen molar-refractivity contribution in [3.8, 4) is 0 Å². The fourth-order valence-corrected chi connectivity index (χ4v) is 1.66. The Balaban J connectivity index is 2.44. The fourth-order valence-electron chi connectivity index (χ4n) is 0.859. The first kappa shape index (κ1) is 10.1. The summed E-state index contributed by atoms with van der Waals surface area (Å²) in [4.78, 5) is 13.9. The third kappa shape index (κ3) is 3.47. The molecule has 0 saturated carbocycles. The highest BCUT2D eigenvalue weighted by Crippen LogP contribution is 2.10. The molecule has 0 aromatic carbocycles. The van der Waals surface area contributed by atoms with Gasteiger partial charge >= 0.3 is 0 Å². The standard InChI is InChI=1S/C7H10N2O3S/c1-12-4-7-8-6(5-13-7)2-3-9(10)11/h5H,2-4H2,1H3. The van der Waals surface area contributed by atoms with Gasteiger partial charge in [-0.3, -0.25) is 10.1 Å². The lowest BCUT2D eigenvalue weighted by atomic mass is 10.3. The number of thiazole rings is 1. The second kappa shape index (κ2) is 4.88. The Morgan fingerprint density at radius 2 is 2.54 bits per heavy atom. The molecule has 0 atom stereocenters. The molecule has 0 spiro atoms. The molecule has 1 aromatic heterocycles. The molecule has 72 valence electrons. The third-order valence-electron chi connectivity index (χ3n) is 1.42. The van der Waals surface area contributed by atoms with Crippen LogP contribution in [-0.2, 0) is 17.8 Å². The molecule has 13 heavy (non-hydrogen) atoms. The Bertz CT molecular complexity index is 287. The zero-order valence-electron chi connectivity index (χ0n) is 7.23. The smallest absolute Gasteiger partial charge is 0.209 e. The third-order valence-corrected chi connectivity index (χ3v) is 2.29. The van der Waals surface area contributed by atoms with Gasteiger partial charge in [0.15, 0.2) is 0 Å². The van der Waals surface area contributed by atoms with Crippen LogP contribution in [0.2, 0.25) is 0 Å². The van der Waals surface area contributed by atoms with Crippen LogP contribution in [0.15, 0.2) is 5.38 Å². The molecule has 0 fully saturated rings. The molecule has 1 aromatic rings. The summed E-state index contributed by atoms with van der Waals surface area (Å²) in [5, 5.41) is 12.8. The van der Waals surface area contributed by atoms with Crippen LogP contribution in [0.5, 0.6) is 0 Å². The summed E-state index contributed by atoms with van der Waals surface area (Å²) >= 11 is 1.47. The molecule has 0 saturated heterocycles. The summed E-state index contributed by atoms with van der Waals surface area (Å²) in [5.41, 5.74) is 0.772. The topological polar surface area (TPSA) is 65.3 Å². The summed E-state index contributed by atoms with van der Waals surface area (Å²) < 4.78 is 4.88. The second-order valence-electron chi connectivity index (χ2n) is 2.47. The predicted octanol–water partition coefficient (Wildman–Crippen LogP) is 1.11. The van der Waals surface area contributed by atoms with Gasteiger partial charge in [0.1, 0.15) is 5.01 Å². The molecule has 6 heteroatoms. The minimum absolute atomic E-state index is 0.0594. The largest absolute Gasteiger partial charge is 0.378 e. The molecule has 0 unspecified atom stereocenters. The highest BCUT2D eigenvalue weighted by molar-refractivity contribution is 7.09. The number of hydrogen-bond donors (Lipinski definition) is 0. The second-order valence-corrected chi connectivity index (χ2v) is 3.41. The lowest BCUT2D eigenvalue weighted by Crippen LogP contribution is -2.04. The van der Waals surface area contributed by atoms with E-state index < -0.39 is 0 Å². The highest BCUT2D eigenvalue weighted by Gasteiger charge is 2.04. The van der Waals surface area contributed by atoms with Crippen LogP contribution in [0.3, 0.4) is 0 Å². The summed E-state index contributed by atoms with van der Waals surface area (Å²) in [6, 6.07) is 0. The molecule has 0 radical (unpaired) electrons. The van der Waals surface area contributed by atoms with Crippen LogP contribution >= 0.6 is 11.3 Å². The summed E-state index contributed by atoms with van der Waals surface area (Å²) in [6.07, 6.45) is 0.396. The Hall–Kier alpha value is -1.01. The summed E-state index contributed by atoms with van der Waals surface area (Å²) in [6.45, 7) is 0.416. The van der Waals surface area contributed by atoms with Gasteiger partial charge in [-0.25, -0.2) is 4.98 Å². The van der Waals surface area contributed by atoms with E-state index in [4.69, 9.17) is 4.74 Å². The van der Waals surface area contributed by atoms with Crippen LogP contribution < -0.4 is 0 Å². The molecule has 0 N–H and O–H groups in total. The van der Waals surface area contributed by atoms with E-state index >= 15 is 0 Å². The van der Waals surface area contributed by atoms with E-state index in [9.17, 15) is 10.1 Å². The minimum atomic E-state index is -0.338. The van der Waals surface area contributed by atoms with Crippen molar-refractivity contribution in [2.24, 2.45) is 0 Å². The Labute approximate surface area is 79.5 Å². The van der Waals surface area contributed by atoms with Gasteiger partial charge < -0.3 is 4.74 Å². The van der Waals surface area contributed by atoms with Crippen molar-refractivity contribution < 1.29 is 9.66 Å². The van der Waals surface area contributed by atoms with Crippen molar-refractivity contribution in [1.29, 1.82) is 0 Å². The van der Waals surface area contributed by atoms with E-state index in [1.165, 1.54) is 11.3 Å². The van der Waals surface area contributed by atoms with Crippen molar-refractivity contribution >= 4 is 11.3 Å². The SMILES string of the molecule is COCc1nc(CC[N+](=O)[O-])cs1. The molecular weight excluding hydrogens is 192 g/mol. The quantitative estimate of drug-likeness (QED) is 0.530. The summed E-state index contributed by atoms with van der Waals surface area (Å²) in [5.74, 6) is 0. The maximum Gasteiger partial charge on any atom is 0.209 e. The number of ether oxygens (including phenoxy) is 1. The molecule has 5 nitrogen and oxygen atoms in total. The number of methoxy groups -OCH3 is 1. The van der Waals surface area contributed by atoms with E-state index in [0.717, 1.165) is 10.7 Å². The summed E-state index contributed by atoms with van der Waals surface area (Å²) in [7, 11) is 1.60. The van der Waals surface area contributed by atoms with E-state index in [1.807, 2.05) is 5.38 Å². The molecule has 0 bridgehead atoms. The Morgan fingerprint density at radius 1 is 1.77 bits per heavy atom. The minimum Gasteiger partial charge on any atom is -0.378 e. The highest BCUT2D eigenvalue weighted by atomic mass is 32.1. The van der Waals surface area contributed by atoms with Crippen molar-refractivity contribution in [1.82, 2.24) is 4.98 Å². The molecule has 0 aliphatic heterocycles. The van der Waals surface area contributed by atoms with Crippen LogP contribution in [0.1, 0.15) is 10.7 Å². The lowest BCUT2D eigenvalue weighted by Gasteiger charge is -1.91. The number of rotatable bonds is 5. The average Bonchev–Trinajstić information content (AvgIpc) is 2.50. The van der Waals surface area contributed by atoms with Crippen LogP contribution in [0.25, 0.3) is 0 Å². The van der Waals surface area contributed by atoms with Gasteiger partial charge in [-0.05, 0) is 0 Å². The van der Waals surface area contributed by atoms with Gasteiger partial charge in [0.05, 0.1) is 18.7 Å². The zero-order chi connectivity index (χ0) is 9.68. The zero-order valence-corrected chi connectivity index (χ0v) is 8.04. The van der Waals surface area contributed by atoms with Crippen molar-refractivity contribution in [2.75, 3.05) is 13.7 Å². The Kier molecular flexibility index (Phi) is 3.78. The van der Waals surface area contributed by atoms with Crippen LogP contribution in [0.4, 0.5) is 0 Å². The number of hydrogen-bond acceptors (Lipinski definition) is 5. The van der Waals surface area contributed by atoms with E-state index in [1.54, 1.807) is 7.11 Å². The van der Waals surface area contributed by atoms with Crippen LogP contribution in [-0.4, -0.2) is 23.6 Å². The molecule has 0 aliphatic carbocycles. The molecule has 1 rings (SSSR count). The number of aromatic nitrogens is 1. The van der Waals surface area contributed by atoms with Crippen LogP contribution in [0, 0.1) is 10.1 Å². The first-order valence-electron chi connectivity index (χ1n) is 3.76. The van der Waals surface area contributed by atoms with Crippen molar-refractivity contribution in [3.63, 3.8) is 0 Å². The van der Waals surface area contributed by atoms with Crippen molar-refractivity contribution in [3.05, 3.63) is 26.2 Å². The molecule has 0 amide bonds. The van der Waals surface area contributed by atoms with E-state index in [0.29, 0.717) is 13.0 Å². The fraction of sp³-hybridized carbons (Fsp3) is 0.571. The maximum absolute atomic E-state index is 10.1. The first-order valence-corrected chi connectivity index (χ1v) is 4.64. The van der Waals surface area contributed by atoms with E-state index in [-0.39, 0.29) is 11.5 Å². The van der Waals surface area contributed by atoms with Gasteiger partial charge in [0.2, 0.25) is 6.54 Å². The monoisotopic (exact) mass is 202 g/mol. The maximum atomic E-state index is 10.1. The first-order chi connectivity index (χ1) is 6.22. The molecule has 0 aliphatic rings. The Morgan fingerprint density at radius 3 is 3.15 bits per heavy atom. The molecular formula is C7H10N2O3S. The van der Waals surface area contributed by atoms with Crippen molar-refractivity contribution in [2.45, 2.75) is 13.0 Å². The lowest BCUT2D eigenvalue weighted by molar-refractivity contribution is -0.479. The van der Waals surface area contributed by atoms with Gasteiger partial charge in [0, 0.05) is 17.4 Å². The number of nitrogens with zero attached hydrogens (tertiary/aromatic N) is 2.